The number of nitrogens with two attached hydrogens (primary N) is 1. The first-order valence-electron chi connectivity index (χ1n) is 7.16. The van der Waals surface area contributed by atoms with Crippen LogP contribution in [0.3, 0.4) is 0 Å². The van der Waals surface area contributed by atoms with E-state index in [1.165, 1.54) is 51.5 Å². The SMILES string of the molecule is CCCCCC(C)(CN)N1CC2CCC1C2. The Morgan fingerprint density at radius 3 is 2.62 bits per heavy atom. The van der Waals surface area contributed by atoms with Gasteiger partial charge in [0.2, 0.25) is 0 Å². The highest BCUT2D eigenvalue weighted by molar-refractivity contribution is 5.00. The molecule has 2 rings (SSSR count). The van der Waals surface area contributed by atoms with Gasteiger partial charge in [-0.25, -0.2) is 0 Å². The Morgan fingerprint density at radius 2 is 2.12 bits per heavy atom. The minimum Gasteiger partial charge on any atom is -0.329 e. The summed E-state index contributed by atoms with van der Waals surface area (Å²) < 4.78 is 0. The lowest BCUT2D eigenvalue weighted by atomic mass is 9.90. The molecule has 1 saturated carbocycles. The van der Waals surface area contributed by atoms with Gasteiger partial charge < -0.3 is 5.73 Å². The van der Waals surface area contributed by atoms with Crippen LogP contribution in [-0.4, -0.2) is 29.6 Å². The Kier molecular flexibility index (Phi) is 3.91. The van der Waals surface area contributed by atoms with Gasteiger partial charge in [0.25, 0.3) is 0 Å². The number of likely N-dealkylation sites (tertiary alicyclic amines) is 1. The molecule has 2 heteroatoms. The van der Waals surface area contributed by atoms with Crippen LogP contribution in [0.2, 0.25) is 0 Å². The van der Waals surface area contributed by atoms with Crippen LogP contribution in [0.15, 0.2) is 0 Å². The summed E-state index contributed by atoms with van der Waals surface area (Å²) in [4.78, 5) is 2.75. The second-order valence-electron chi connectivity index (χ2n) is 6.14. The molecule has 94 valence electrons. The van der Waals surface area contributed by atoms with Gasteiger partial charge in [-0.3, -0.25) is 4.90 Å². The van der Waals surface area contributed by atoms with Crippen LogP contribution in [0.25, 0.3) is 0 Å². The third kappa shape index (κ3) is 2.28. The number of hydrogen-bond acceptors (Lipinski definition) is 2. The molecule has 2 fully saturated rings. The van der Waals surface area contributed by atoms with E-state index in [1.54, 1.807) is 0 Å². The average Bonchev–Trinajstić information content (AvgIpc) is 2.91. The monoisotopic (exact) mass is 224 g/mol. The third-order valence-electron chi connectivity index (χ3n) is 4.86. The number of nitrogens with zero attached hydrogens (tertiary/aromatic N) is 1. The molecule has 1 aliphatic carbocycles. The Hall–Kier alpha value is -0.0800. The Labute approximate surface area is 101 Å². The molecule has 16 heavy (non-hydrogen) atoms. The molecular weight excluding hydrogens is 196 g/mol. The molecule has 1 heterocycles. The molecule has 1 aliphatic heterocycles. The summed E-state index contributed by atoms with van der Waals surface area (Å²) in [5, 5.41) is 0. The second-order valence-corrected chi connectivity index (χ2v) is 6.14. The van der Waals surface area contributed by atoms with E-state index in [1.807, 2.05) is 0 Å². The highest BCUT2D eigenvalue weighted by Gasteiger charge is 2.45. The molecule has 2 nitrogen and oxygen atoms in total. The third-order valence-corrected chi connectivity index (χ3v) is 4.86. The van der Waals surface area contributed by atoms with E-state index in [0.29, 0.717) is 0 Å². The maximum absolute atomic E-state index is 6.06. The van der Waals surface area contributed by atoms with E-state index in [4.69, 9.17) is 5.73 Å². The summed E-state index contributed by atoms with van der Waals surface area (Å²) in [5.74, 6) is 0.988. The predicted octanol–water partition coefficient (Wildman–Crippen LogP) is 2.77. The second kappa shape index (κ2) is 5.05. The van der Waals surface area contributed by atoms with Crippen LogP contribution in [0.4, 0.5) is 0 Å². The number of unbranched alkanes of at least 4 members (excludes halogenated alkanes) is 2. The van der Waals surface area contributed by atoms with Crippen molar-refractivity contribution in [1.82, 2.24) is 4.90 Å². The van der Waals surface area contributed by atoms with Gasteiger partial charge in [-0.05, 0) is 38.5 Å². The van der Waals surface area contributed by atoms with Gasteiger partial charge >= 0.3 is 0 Å². The molecule has 2 N–H and O–H groups in total. The van der Waals surface area contributed by atoms with Crippen LogP contribution in [0, 0.1) is 5.92 Å². The first-order chi connectivity index (χ1) is 7.69. The lowest BCUT2D eigenvalue weighted by Crippen LogP contribution is -2.54. The zero-order valence-corrected chi connectivity index (χ0v) is 11.0. The van der Waals surface area contributed by atoms with Gasteiger partial charge in [-0.2, -0.15) is 0 Å². The van der Waals surface area contributed by atoms with Crippen molar-refractivity contribution in [1.29, 1.82) is 0 Å². The summed E-state index contributed by atoms with van der Waals surface area (Å²) in [6.45, 7) is 6.82. The van der Waals surface area contributed by atoms with Crippen LogP contribution < -0.4 is 5.73 Å². The van der Waals surface area contributed by atoms with Gasteiger partial charge in [-0.15, -0.1) is 0 Å². The van der Waals surface area contributed by atoms with Gasteiger partial charge in [0.1, 0.15) is 0 Å². The highest BCUT2D eigenvalue weighted by atomic mass is 15.3. The van der Waals surface area contributed by atoms with Crippen molar-refractivity contribution in [2.45, 2.75) is 70.4 Å². The molecule has 0 aromatic heterocycles. The summed E-state index contributed by atoms with van der Waals surface area (Å²) in [7, 11) is 0. The largest absolute Gasteiger partial charge is 0.329 e. The van der Waals surface area contributed by atoms with Crippen molar-refractivity contribution >= 4 is 0 Å². The maximum Gasteiger partial charge on any atom is 0.0306 e. The number of piperidine rings is 1. The lowest BCUT2D eigenvalue weighted by Gasteiger charge is -2.43. The van der Waals surface area contributed by atoms with Gasteiger partial charge in [0.15, 0.2) is 0 Å². The molecule has 2 aliphatic rings. The van der Waals surface area contributed by atoms with Crippen LogP contribution >= 0.6 is 0 Å². The van der Waals surface area contributed by atoms with Crippen molar-refractivity contribution in [2.24, 2.45) is 11.7 Å². The minimum absolute atomic E-state index is 0.287. The number of hydrogen-bond donors (Lipinski definition) is 1. The molecule has 0 aromatic carbocycles. The molecule has 2 bridgehead atoms. The van der Waals surface area contributed by atoms with Crippen molar-refractivity contribution in [3.05, 3.63) is 0 Å². The van der Waals surface area contributed by atoms with Crippen molar-refractivity contribution in [3.63, 3.8) is 0 Å². The van der Waals surface area contributed by atoms with E-state index < -0.39 is 0 Å². The standard InChI is InChI=1S/C14H28N2/c1-3-4-5-8-14(2,11-15)16-10-12-6-7-13(16)9-12/h12-13H,3-11,15H2,1-2H3. The summed E-state index contributed by atoms with van der Waals surface area (Å²) in [5.41, 5.74) is 6.35. The van der Waals surface area contributed by atoms with Gasteiger partial charge in [0, 0.05) is 24.7 Å². The Bertz CT molecular complexity index is 229. The summed E-state index contributed by atoms with van der Waals surface area (Å²) >= 11 is 0. The van der Waals surface area contributed by atoms with E-state index in [-0.39, 0.29) is 5.54 Å². The van der Waals surface area contributed by atoms with E-state index in [0.717, 1.165) is 18.5 Å². The molecule has 1 saturated heterocycles. The molecule has 3 atom stereocenters. The predicted molar refractivity (Wildman–Crippen MR) is 69.4 cm³/mol. The first kappa shape index (κ1) is 12.4. The van der Waals surface area contributed by atoms with E-state index >= 15 is 0 Å². The topological polar surface area (TPSA) is 29.3 Å². The van der Waals surface area contributed by atoms with Crippen LogP contribution in [-0.2, 0) is 0 Å². The molecule has 0 amide bonds. The van der Waals surface area contributed by atoms with Crippen molar-refractivity contribution < 1.29 is 0 Å². The van der Waals surface area contributed by atoms with E-state index in [9.17, 15) is 0 Å². The molecule has 3 unspecified atom stereocenters. The van der Waals surface area contributed by atoms with Crippen LogP contribution in [0.1, 0.15) is 58.8 Å². The highest BCUT2D eigenvalue weighted by Crippen LogP contribution is 2.42. The minimum atomic E-state index is 0.287. The lowest BCUT2D eigenvalue weighted by molar-refractivity contribution is 0.0653. The Morgan fingerprint density at radius 1 is 1.31 bits per heavy atom. The molecule has 0 radical (unpaired) electrons. The fraction of sp³-hybridized carbons (Fsp3) is 1.00. The van der Waals surface area contributed by atoms with Crippen molar-refractivity contribution in [2.75, 3.05) is 13.1 Å². The zero-order chi connectivity index (χ0) is 11.6. The zero-order valence-electron chi connectivity index (χ0n) is 11.0. The fourth-order valence-electron chi connectivity index (χ4n) is 3.70. The molecule has 0 aromatic rings. The van der Waals surface area contributed by atoms with Crippen molar-refractivity contribution in [3.8, 4) is 0 Å². The maximum atomic E-state index is 6.06. The summed E-state index contributed by atoms with van der Waals surface area (Å²) in [6, 6.07) is 0.861. The average molecular weight is 224 g/mol. The van der Waals surface area contributed by atoms with E-state index in [2.05, 4.69) is 18.7 Å². The van der Waals surface area contributed by atoms with Crippen LogP contribution in [0.5, 0.6) is 0 Å². The number of rotatable bonds is 6. The Balaban J connectivity index is 1.92. The van der Waals surface area contributed by atoms with Gasteiger partial charge in [-0.1, -0.05) is 26.2 Å². The first-order valence-corrected chi connectivity index (χ1v) is 7.16. The summed E-state index contributed by atoms with van der Waals surface area (Å²) in [6.07, 6.45) is 9.65. The van der Waals surface area contributed by atoms with Gasteiger partial charge in [0.05, 0.1) is 0 Å². The number of fused-ring (bicyclic) bond motifs is 2. The molecule has 0 spiro atoms. The smallest absolute Gasteiger partial charge is 0.0306 e. The quantitative estimate of drug-likeness (QED) is 0.703. The molecular formula is C14H28N2. The fourth-order valence-corrected chi connectivity index (χ4v) is 3.70. The normalized spacial score (nSPS) is 33.2.